The van der Waals surface area contributed by atoms with Crippen molar-refractivity contribution in [3.63, 3.8) is 0 Å². The fraction of sp³-hybridized carbons (Fsp3) is 0.269. The van der Waals surface area contributed by atoms with E-state index in [-0.39, 0.29) is 0 Å². The topological polar surface area (TPSA) is 88.5 Å². The number of amides is 2. The summed E-state index contributed by atoms with van der Waals surface area (Å²) in [5.41, 5.74) is 5.57. The van der Waals surface area contributed by atoms with Crippen LogP contribution in [0, 0.1) is 11.3 Å². The number of rotatable bonds is 4. The predicted molar refractivity (Wildman–Crippen MR) is 131 cm³/mol. The van der Waals surface area contributed by atoms with E-state index in [1.54, 1.807) is 31.3 Å². The van der Waals surface area contributed by atoms with Crippen LogP contribution in [0.3, 0.4) is 0 Å². The first-order valence-corrected chi connectivity index (χ1v) is 11.0. The van der Waals surface area contributed by atoms with Crippen LogP contribution in [0.4, 0.5) is 11.4 Å². The van der Waals surface area contributed by atoms with Crippen LogP contribution in [0.1, 0.15) is 35.3 Å². The van der Waals surface area contributed by atoms with E-state index < -0.39 is 11.8 Å². The maximum absolute atomic E-state index is 12.6. The molecule has 0 unspecified atom stereocenters. The number of likely N-dealkylation sites (N-methyl/N-ethyl adjacent to an activating group) is 1. The Labute approximate surface area is 194 Å². The van der Waals surface area contributed by atoms with Gasteiger partial charge in [0.15, 0.2) is 0 Å². The van der Waals surface area contributed by atoms with Gasteiger partial charge in [0.2, 0.25) is 0 Å². The number of nitriles is 1. The predicted octanol–water partition coefficient (Wildman–Crippen LogP) is 3.48. The number of imide groups is 1. The SMILES string of the molecule is CC(C#N)=C(C)c1ccc2c(c1)C(=CNc1ccc(N3CCN(C)CC3)cc1)C(=O)NC2=O. The lowest BCUT2D eigenvalue weighted by Gasteiger charge is -2.34. The van der Waals surface area contributed by atoms with E-state index in [9.17, 15) is 14.9 Å². The number of carbonyl (C=O) groups is 2. The Morgan fingerprint density at radius 3 is 2.36 bits per heavy atom. The molecule has 2 amide bonds. The van der Waals surface area contributed by atoms with Crippen LogP contribution in [0.5, 0.6) is 0 Å². The molecule has 2 heterocycles. The van der Waals surface area contributed by atoms with E-state index in [1.807, 2.05) is 19.1 Å². The zero-order chi connectivity index (χ0) is 23.5. The monoisotopic (exact) mass is 441 g/mol. The van der Waals surface area contributed by atoms with Gasteiger partial charge in [0.1, 0.15) is 0 Å². The molecular formula is C26H27N5O2. The molecule has 33 heavy (non-hydrogen) atoms. The Morgan fingerprint density at radius 2 is 1.70 bits per heavy atom. The molecule has 0 spiro atoms. The lowest BCUT2D eigenvalue weighted by Crippen LogP contribution is -2.44. The van der Waals surface area contributed by atoms with Crippen molar-refractivity contribution in [1.29, 1.82) is 5.26 Å². The van der Waals surface area contributed by atoms with Gasteiger partial charge in [-0.15, -0.1) is 0 Å². The fourth-order valence-corrected chi connectivity index (χ4v) is 3.99. The third kappa shape index (κ3) is 4.66. The molecule has 2 aromatic rings. The Balaban J connectivity index is 1.59. The normalized spacial score (nSPS) is 18.4. The summed E-state index contributed by atoms with van der Waals surface area (Å²) < 4.78 is 0. The molecule has 0 aromatic heterocycles. The van der Waals surface area contributed by atoms with Crippen molar-refractivity contribution in [2.45, 2.75) is 13.8 Å². The Hall–Kier alpha value is -3.89. The molecule has 1 fully saturated rings. The summed E-state index contributed by atoms with van der Waals surface area (Å²) in [5, 5.41) is 14.8. The zero-order valence-corrected chi connectivity index (χ0v) is 19.1. The van der Waals surface area contributed by atoms with Crippen LogP contribution in [0.25, 0.3) is 11.1 Å². The minimum atomic E-state index is -0.454. The van der Waals surface area contributed by atoms with Gasteiger partial charge in [-0.05, 0) is 68.4 Å². The average molecular weight is 442 g/mol. The third-order valence-electron chi connectivity index (χ3n) is 6.31. The van der Waals surface area contributed by atoms with Gasteiger partial charge in [0.25, 0.3) is 11.8 Å². The lowest BCUT2D eigenvalue weighted by atomic mass is 9.91. The van der Waals surface area contributed by atoms with Crippen LogP contribution in [0.2, 0.25) is 0 Å². The van der Waals surface area contributed by atoms with E-state index in [4.69, 9.17) is 0 Å². The van der Waals surface area contributed by atoms with Crippen molar-refractivity contribution in [3.05, 3.63) is 70.9 Å². The number of anilines is 2. The van der Waals surface area contributed by atoms with E-state index in [0.29, 0.717) is 22.3 Å². The summed E-state index contributed by atoms with van der Waals surface area (Å²) in [7, 11) is 2.14. The van der Waals surface area contributed by atoms with Gasteiger partial charge in [-0.2, -0.15) is 5.26 Å². The van der Waals surface area contributed by atoms with Crippen molar-refractivity contribution < 1.29 is 9.59 Å². The second kappa shape index (κ2) is 9.31. The molecule has 7 nitrogen and oxygen atoms in total. The molecule has 1 saturated heterocycles. The van der Waals surface area contributed by atoms with Gasteiger partial charge in [-0.25, -0.2) is 0 Å². The first-order valence-electron chi connectivity index (χ1n) is 11.0. The number of benzene rings is 2. The number of hydrogen-bond donors (Lipinski definition) is 2. The quantitative estimate of drug-likeness (QED) is 0.429. The number of nitrogens with one attached hydrogen (secondary N) is 2. The molecule has 0 bridgehead atoms. The van der Waals surface area contributed by atoms with Gasteiger partial charge in [-0.1, -0.05) is 6.07 Å². The summed E-state index contributed by atoms with van der Waals surface area (Å²) in [4.78, 5) is 29.7. The van der Waals surface area contributed by atoms with E-state index in [1.165, 1.54) is 5.69 Å². The summed E-state index contributed by atoms with van der Waals surface area (Å²) in [6, 6.07) is 15.5. The average Bonchev–Trinajstić information content (AvgIpc) is 2.83. The summed E-state index contributed by atoms with van der Waals surface area (Å²) in [5.74, 6) is -0.876. The standard InChI is InChI=1S/C26H27N5O2/c1-17(15-27)18(2)19-4-9-22-23(14-19)24(26(33)29-25(22)32)16-28-20-5-7-21(8-6-20)31-12-10-30(3)11-13-31/h4-9,14,16,28H,10-13H2,1-3H3,(H,29,32,33). The summed E-state index contributed by atoms with van der Waals surface area (Å²) in [6.45, 7) is 7.69. The van der Waals surface area contributed by atoms with E-state index in [2.05, 4.69) is 45.7 Å². The fourth-order valence-electron chi connectivity index (χ4n) is 3.99. The summed E-state index contributed by atoms with van der Waals surface area (Å²) in [6.07, 6.45) is 1.63. The number of piperazine rings is 1. The van der Waals surface area contributed by atoms with Gasteiger partial charge in [0, 0.05) is 60.5 Å². The van der Waals surface area contributed by atoms with Crippen molar-refractivity contribution in [2.75, 3.05) is 43.4 Å². The molecule has 2 aliphatic rings. The Morgan fingerprint density at radius 1 is 1.00 bits per heavy atom. The number of fused-ring (bicyclic) bond motifs is 1. The van der Waals surface area contributed by atoms with Gasteiger partial charge in [-0.3, -0.25) is 14.9 Å². The second-order valence-corrected chi connectivity index (χ2v) is 8.44. The number of hydrogen-bond acceptors (Lipinski definition) is 6. The molecule has 0 saturated carbocycles. The largest absolute Gasteiger partial charge is 0.369 e. The smallest absolute Gasteiger partial charge is 0.260 e. The zero-order valence-electron chi connectivity index (χ0n) is 19.1. The minimum Gasteiger partial charge on any atom is -0.369 e. The van der Waals surface area contributed by atoms with Crippen LogP contribution in [-0.2, 0) is 4.79 Å². The molecule has 0 aliphatic carbocycles. The Kier molecular flexibility index (Phi) is 6.29. The summed E-state index contributed by atoms with van der Waals surface area (Å²) >= 11 is 0. The van der Waals surface area contributed by atoms with Crippen molar-refractivity contribution in [2.24, 2.45) is 0 Å². The van der Waals surface area contributed by atoms with Crippen molar-refractivity contribution in [1.82, 2.24) is 10.2 Å². The molecule has 0 atom stereocenters. The molecule has 168 valence electrons. The molecule has 2 aliphatic heterocycles. The van der Waals surface area contributed by atoms with Crippen LogP contribution >= 0.6 is 0 Å². The first kappa shape index (κ1) is 22.3. The van der Waals surface area contributed by atoms with Crippen LogP contribution in [0.15, 0.2) is 54.2 Å². The lowest BCUT2D eigenvalue weighted by molar-refractivity contribution is -0.114. The molecule has 2 aromatic carbocycles. The third-order valence-corrected chi connectivity index (χ3v) is 6.31. The highest BCUT2D eigenvalue weighted by molar-refractivity contribution is 6.31. The van der Waals surface area contributed by atoms with Gasteiger partial charge in [0.05, 0.1) is 11.6 Å². The maximum Gasteiger partial charge on any atom is 0.260 e. The van der Waals surface area contributed by atoms with Gasteiger partial charge < -0.3 is 15.1 Å². The van der Waals surface area contributed by atoms with E-state index >= 15 is 0 Å². The highest BCUT2D eigenvalue weighted by atomic mass is 16.2. The van der Waals surface area contributed by atoms with Gasteiger partial charge >= 0.3 is 0 Å². The Bertz CT molecular complexity index is 1200. The maximum atomic E-state index is 12.6. The molecule has 0 radical (unpaired) electrons. The highest BCUT2D eigenvalue weighted by Gasteiger charge is 2.27. The van der Waals surface area contributed by atoms with Crippen molar-refractivity contribution in [3.8, 4) is 6.07 Å². The van der Waals surface area contributed by atoms with Crippen LogP contribution in [-0.4, -0.2) is 49.9 Å². The molecular weight excluding hydrogens is 414 g/mol. The number of allylic oxidation sites excluding steroid dienone is 2. The first-order chi connectivity index (χ1) is 15.9. The minimum absolute atomic E-state index is 0.372. The molecule has 4 rings (SSSR count). The molecule has 7 heteroatoms. The van der Waals surface area contributed by atoms with Crippen LogP contribution < -0.4 is 15.5 Å². The number of carbonyl (C=O) groups excluding carboxylic acids is 2. The van der Waals surface area contributed by atoms with Crippen molar-refractivity contribution >= 4 is 34.3 Å². The number of nitrogens with zero attached hydrogens (tertiary/aromatic N) is 3. The second-order valence-electron chi connectivity index (χ2n) is 8.44. The van der Waals surface area contributed by atoms with E-state index in [0.717, 1.165) is 43.0 Å². The molecule has 2 N–H and O–H groups in total. The highest BCUT2D eigenvalue weighted by Crippen LogP contribution is 2.29.